The molecule has 0 bridgehead atoms. The lowest BCUT2D eigenvalue weighted by Gasteiger charge is -2.23. The van der Waals surface area contributed by atoms with Crippen LogP contribution >= 0.6 is 0 Å². The summed E-state index contributed by atoms with van der Waals surface area (Å²) in [5, 5.41) is 55.4. The Hall–Kier alpha value is -2.57. The van der Waals surface area contributed by atoms with Crippen LogP contribution < -0.4 is 16.0 Å². The third-order valence-corrected chi connectivity index (χ3v) is 5.81. The molecule has 0 aromatic rings. The largest absolute Gasteiger partial charge is 0.394 e. The summed E-state index contributed by atoms with van der Waals surface area (Å²) in [5.41, 5.74) is 1.52. The number of aliphatic hydroxyl groups is 5. The van der Waals surface area contributed by atoms with E-state index in [9.17, 15) is 39.9 Å². The molecule has 1 aliphatic carbocycles. The number of aliphatic hydroxyl groups excluding tert-OH is 5. The van der Waals surface area contributed by atoms with Crippen molar-refractivity contribution >= 4 is 17.7 Å². The van der Waals surface area contributed by atoms with Gasteiger partial charge in [0.25, 0.3) is 11.8 Å². The third-order valence-electron chi connectivity index (χ3n) is 5.81. The van der Waals surface area contributed by atoms with Crippen molar-refractivity contribution in [2.75, 3.05) is 26.4 Å². The van der Waals surface area contributed by atoms with Gasteiger partial charge in [0.1, 0.15) is 6.10 Å². The molecule has 35 heavy (non-hydrogen) atoms. The number of amides is 3. The predicted molar refractivity (Wildman–Crippen MR) is 129 cm³/mol. The van der Waals surface area contributed by atoms with Gasteiger partial charge in [0.05, 0.1) is 38.5 Å². The molecule has 0 fully saturated rings. The quantitative estimate of drug-likeness (QED) is 0.155. The average molecular weight is 498 g/mol. The molecule has 1 rings (SSSR count). The van der Waals surface area contributed by atoms with Gasteiger partial charge in [0.15, 0.2) is 0 Å². The minimum Gasteiger partial charge on any atom is -0.394 e. The minimum absolute atomic E-state index is 0.168. The summed E-state index contributed by atoms with van der Waals surface area (Å²) in [6, 6.07) is -1.81. The van der Waals surface area contributed by atoms with Gasteiger partial charge in [-0.3, -0.25) is 14.4 Å². The molecule has 11 nitrogen and oxygen atoms in total. The van der Waals surface area contributed by atoms with E-state index in [2.05, 4.69) is 16.0 Å². The van der Waals surface area contributed by atoms with E-state index in [-0.39, 0.29) is 23.3 Å². The van der Waals surface area contributed by atoms with Crippen molar-refractivity contribution in [3.05, 3.63) is 34.1 Å². The first-order chi connectivity index (χ1) is 16.6. The fourth-order valence-electron chi connectivity index (χ4n) is 3.84. The van der Waals surface area contributed by atoms with Crippen LogP contribution in [-0.4, -0.2) is 87.9 Å². The Labute approximate surface area is 205 Å². The number of hydrogen-bond acceptors (Lipinski definition) is 8. The minimum atomic E-state index is -1.36. The molecule has 0 aliphatic heterocycles. The average Bonchev–Trinajstić information content (AvgIpc) is 2.99. The summed E-state index contributed by atoms with van der Waals surface area (Å²) in [4.78, 5) is 39.1. The number of carbonyl (C=O) groups is 3. The molecule has 0 heterocycles. The van der Waals surface area contributed by atoms with Gasteiger partial charge < -0.3 is 41.5 Å². The maximum atomic E-state index is 13.4. The van der Waals surface area contributed by atoms with Crippen LogP contribution in [0.2, 0.25) is 0 Å². The fourth-order valence-corrected chi connectivity index (χ4v) is 3.84. The first kappa shape index (κ1) is 30.5. The van der Waals surface area contributed by atoms with Crippen molar-refractivity contribution in [3.63, 3.8) is 0 Å². The Kier molecular flexibility index (Phi) is 12.8. The third kappa shape index (κ3) is 7.71. The van der Waals surface area contributed by atoms with Gasteiger partial charge in [-0.05, 0) is 37.3 Å². The fraction of sp³-hybridized carbons (Fsp3) is 0.625. The Balaban J connectivity index is 3.85. The van der Waals surface area contributed by atoms with E-state index in [1.165, 1.54) is 6.92 Å². The molecule has 8 N–H and O–H groups in total. The first-order valence-corrected chi connectivity index (χ1v) is 11.9. The predicted octanol–water partition coefficient (Wildman–Crippen LogP) is -1.24. The second-order valence-electron chi connectivity index (χ2n) is 8.28. The molecular weight excluding hydrogens is 458 g/mol. The lowest BCUT2D eigenvalue weighted by molar-refractivity contribution is -0.127. The van der Waals surface area contributed by atoms with Crippen molar-refractivity contribution in [1.29, 1.82) is 0 Å². The highest BCUT2D eigenvalue weighted by atomic mass is 16.3. The highest BCUT2D eigenvalue weighted by molar-refractivity contribution is 6.02. The molecule has 0 saturated carbocycles. The van der Waals surface area contributed by atoms with Gasteiger partial charge in [0.2, 0.25) is 5.91 Å². The second kappa shape index (κ2) is 14.7. The smallest absolute Gasteiger partial charge is 0.252 e. The van der Waals surface area contributed by atoms with Crippen LogP contribution in [0.15, 0.2) is 34.1 Å². The van der Waals surface area contributed by atoms with Crippen molar-refractivity contribution in [2.45, 2.75) is 65.1 Å². The van der Waals surface area contributed by atoms with Crippen LogP contribution in [0.3, 0.4) is 0 Å². The Morgan fingerprint density at radius 1 is 0.857 bits per heavy atom. The number of hydrogen-bond donors (Lipinski definition) is 8. The molecule has 198 valence electrons. The van der Waals surface area contributed by atoms with E-state index >= 15 is 0 Å². The molecule has 11 heteroatoms. The molecule has 2 atom stereocenters. The summed E-state index contributed by atoms with van der Waals surface area (Å²) in [7, 11) is 0. The van der Waals surface area contributed by atoms with Crippen LogP contribution in [0.4, 0.5) is 0 Å². The van der Waals surface area contributed by atoms with Crippen LogP contribution in [0.1, 0.15) is 47.0 Å². The molecular formula is C24H39N3O8. The topological polar surface area (TPSA) is 188 Å². The normalized spacial score (nSPS) is 17.3. The van der Waals surface area contributed by atoms with Crippen LogP contribution in [0.25, 0.3) is 0 Å². The van der Waals surface area contributed by atoms with E-state index in [0.29, 0.717) is 24.0 Å². The first-order valence-electron chi connectivity index (χ1n) is 11.9. The molecule has 0 aromatic heterocycles. The van der Waals surface area contributed by atoms with Gasteiger partial charge in [-0.15, -0.1) is 0 Å². The Bertz CT molecular complexity index is 855. The standard InChI is InChI=1S/C24H39N3O8/c1-5-14-8-19(23(34)25-15(9-28)10-29)17(6-2)21(27-22(33)13(4)32)18(7-3)20(14)24(35)26-16(11-30)12-31/h8,13-16,28-32H,5-7,9-12H2,1-4H3,(H,25,34)(H,26,35)(H,27,33). The number of carbonyl (C=O) groups excluding carboxylic acids is 3. The maximum absolute atomic E-state index is 13.4. The molecule has 0 saturated heterocycles. The van der Waals surface area contributed by atoms with Gasteiger partial charge in [-0.1, -0.05) is 26.8 Å². The number of rotatable bonds is 13. The van der Waals surface area contributed by atoms with Crippen molar-refractivity contribution < 1.29 is 39.9 Å². The summed E-state index contributed by atoms with van der Waals surface area (Å²) in [6.45, 7) is 4.73. The summed E-state index contributed by atoms with van der Waals surface area (Å²) in [6.07, 6.45) is 1.23. The van der Waals surface area contributed by atoms with Crippen molar-refractivity contribution in [1.82, 2.24) is 16.0 Å². The lowest BCUT2D eigenvalue weighted by atomic mass is 9.89. The zero-order valence-electron chi connectivity index (χ0n) is 20.8. The maximum Gasteiger partial charge on any atom is 0.252 e. The van der Waals surface area contributed by atoms with Gasteiger partial charge >= 0.3 is 0 Å². The molecule has 1 aliphatic rings. The van der Waals surface area contributed by atoms with Crippen LogP contribution in [0.5, 0.6) is 0 Å². The zero-order chi connectivity index (χ0) is 26.7. The molecule has 3 amide bonds. The highest BCUT2D eigenvalue weighted by Gasteiger charge is 2.33. The van der Waals surface area contributed by atoms with E-state index in [1.807, 2.05) is 6.92 Å². The SMILES string of the molecule is CCC1=C(NC(=O)C(C)O)C(CC)=C(C(=O)NC(CO)CO)C(CC)C=C1C(=O)NC(CO)CO. The van der Waals surface area contributed by atoms with Gasteiger partial charge in [0, 0.05) is 22.8 Å². The monoisotopic (exact) mass is 497 g/mol. The van der Waals surface area contributed by atoms with E-state index in [0.717, 1.165) is 0 Å². The van der Waals surface area contributed by atoms with E-state index < -0.39 is 68.3 Å². The zero-order valence-corrected chi connectivity index (χ0v) is 20.8. The van der Waals surface area contributed by atoms with E-state index in [1.54, 1.807) is 19.9 Å². The Morgan fingerprint density at radius 3 is 1.74 bits per heavy atom. The summed E-state index contributed by atoms with van der Waals surface area (Å²) in [5.74, 6) is -2.47. The summed E-state index contributed by atoms with van der Waals surface area (Å²) >= 11 is 0. The lowest BCUT2D eigenvalue weighted by Crippen LogP contribution is -2.42. The van der Waals surface area contributed by atoms with Crippen LogP contribution in [0, 0.1) is 5.92 Å². The van der Waals surface area contributed by atoms with Crippen LogP contribution in [-0.2, 0) is 14.4 Å². The van der Waals surface area contributed by atoms with Gasteiger partial charge in [-0.25, -0.2) is 0 Å². The molecule has 0 radical (unpaired) electrons. The van der Waals surface area contributed by atoms with Crippen molar-refractivity contribution in [2.24, 2.45) is 5.92 Å². The van der Waals surface area contributed by atoms with Crippen molar-refractivity contribution in [3.8, 4) is 0 Å². The highest BCUT2D eigenvalue weighted by Crippen LogP contribution is 2.36. The number of allylic oxidation sites excluding steroid dienone is 2. The summed E-state index contributed by atoms with van der Waals surface area (Å²) < 4.78 is 0. The Morgan fingerprint density at radius 2 is 1.34 bits per heavy atom. The second-order valence-corrected chi connectivity index (χ2v) is 8.28. The van der Waals surface area contributed by atoms with Gasteiger partial charge in [-0.2, -0.15) is 0 Å². The molecule has 0 aromatic carbocycles. The molecule has 2 unspecified atom stereocenters. The van der Waals surface area contributed by atoms with E-state index in [4.69, 9.17) is 0 Å². The molecule has 0 spiro atoms. The number of nitrogens with one attached hydrogen (secondary N) is 3.